The minimum Gasteiger partial charge on any atom is -0.481 e. The number of carbonyl (C=O) groups is 1. The molecular weight excluding hydrogens is 300 g/mol. The average molecular weight is 323 g/mol. The van der Waals surface area contributed by atoms with Crippen molar-refractivity contribution in [2.75, 3.05) is 0 Å². The Balaban J connectivity index is 2.31. The van der Waals surface area contributed by atoms with E-state index in [1.165, 1.54) is 6.07 Å². The average Bonchev–Trinajstić information content (AvgIpc) is 2.73. The van der Waals surface area contributed by atoms with Gasteiger partial charge in [-0.3, -0.25) is 4.79 Å². The smallest absolute Gasteiger partial charge is 0.451 e. The molecule has 1 aromatic rings. The number of aliphatic carboxylic acids is 1. The van der Waals surface area contributed by atoms with Gasteiger partial charge in [-0.15, -0.1) is 0 Å². The van der Waals surface area contributed by atoms with E-state index in [1.54, 1.807) is 19.9 Å². The van der Waals surface area contributed by atoms with Crippen molar-refractivity contribution >= 4 is 13.1 Å². The zero-order valence-corrected chi connectivity index (χ0v) is 13.4. The van der Waals surface area contributed by atoms with Crippen LogP contribution in [0.4, 0.5) is 4.39 Å². The lowest BCUT2D eigenvalue weighted by Gasteiger charge is -2.22. The van der Waals surface area contributed by atoms with Crippen molar-refractivity contribution in [1.29, 1.82) is 0 Å². The molecule has 23 heavy (non-hydrogen) atoms. The molecule has 0 heterocycles. The summed E-state index contributed by atoms with van der Waals surface area (Å²) in [4.78, 5) is 11.7. The lowest BCUT2D eigenvalue weighted by molar-refractivity contribution is -0.139. The normalized spacial score (nSPS) is 20.4. The molecule has 5 nitrogen and oxygen atoms in total. The van der Waals surface area contributed by atoms with Crippen LogP contribution in [0.25, 0.3) is 0 Å². The van der Waals surface area contributed by atoms with E-state index in [0.29, 0.717) is 36.0 Å². The topological polar surface area (TPSA) is 104 Å². The minimum atomic E-state index is -1.39. The molecule has 0 bridgehead atoms. The molecule has 2 unspecified atom stereocenters. The summed E-state index contributed by atoms with van der Waals surface area (Å²) in [5.41, 5.74) is 6.74. The van der Waals surface area contributed by atoms with Crippen molar-refractivity contribution in [3.8, 4) is 0 Å². The molecule has 0 radical (unpaired) electrons. The van der Waals surface area contributed by atoms with Crippen molar-refractivity contribution in [1.82, 2.24) is 0 Å². The van der Waals surface area contributed by atoms with Gasteiger partial charge in [-0.05, 0) is 62.2 Å². The number of carboxylic acid groups (broad SMARTS) is 1. The quantitative estimate of drug-likeness (QED) is 0.596. The van der Waals surface area contributed by atoms with E-state index in [-0.39, 0.29) is 12.2 Å². The third-order valence-corrected chi connectivity index (χ3v) is 4.51. The molecule has 1 aromatic carbocycles. The van der Waals surface area contributed by atoms with E-state index >= 15 is 0 Å². The van der Waals surface area contributed by atoms with Crippen LogP contribution in [-0.4, -0.2) is 28.2 Å². The highest BCUT2D eigenvalue weighted by molar-refractivity contribution is 6.40. The van der Waals surface area contributed by atoms with Crippen LogP contribution < -0.4 is 5.73 Å². The molecule has 0 saturated carbocycles. The molecule has 7 heteroatoms. The summed E-state index contributed by atoms with van der Waals surface area (Å²) < 4.78 is 14.3. The van der Waals surface area contributed by atoms with Crippen molar-refractivity contribution in [3.05, 3.63) is 34.6 Å². The summed E-state index contributed by atoms with van der Waals surface area (Å²) >= 11 is 0. The number of halogens is 1. The van der Waals surface area contributed by atoms with Crippen LogP contribution in [0.5, 0.6) is 0 Å². The highest BCUT2D eigenvalue weighted by Crippen LogP contribution is 2.42. The number of carboxylic acids is 1. The van der Waals surface area contributed by atoms with E-state index in [0.717, 1.165) is 0 Å². The third-order valence-electron chi connectivity index (χ3n) is 4.51. The number of hydrogen-bond donors (Lipinski definition) is 4. The highest BCUT2D eigenvalue weighted by atomic mass is 19.1. The molecule has 0 spiro atoms. The molecule has 0 amide bonds. The second kappa shape index (κ2) is 6.59. The Morgan fingerprint density at radius 3 is 2.61 bits per heavy atom. The van der Waals surface area contributed by atoms with Gasteiger partial charge in [0.15, 0.2) is 0 Å². The fourth-order valence-corrected chi connectivity index (χ4v) is 3.41. The molecule has 1 aliphatic carbocycles. The van der Waals surface area contributed by atoms with Crippen LogP contribution >= 0.6 is 0 Å². The van der Waals surface area contributed by atoms with Crippen LogP contribution in [0, 0.1) is 11.7 Å². The first-order chi connectivity index (χ1) is 10.6. The maximum absolute atomic E-state index is 14.3. The fourth-order valence-electron chi connectivity index (χ4n) is 3.41. The van der Waals surface area contributed by atoms with Crippen molar-refractivity contribution in [2.24, 2.45) is 11.7 Å². The standard InChI is InChI=1S/C16H23BFNO4/c1-16(2,19)12-8-11-10(7-13(12)18)6-9(14(11)15(20)21)4-3-5-17(22)23/h7-9,14,22-23H,3-6,19H2,1-2H3,(H,20,21). The monoisotopic (exact) mass is 323 g/mol. The molecule has 5 N–H and O–H groups in total. The molecule has 2 atom stereocenters. The molecule has 0 aliphatic heterocycles. The van der Waals surface area contributed by atoms with Crippen LogP contribution in [0.1, 0.15) is 49.3 Å². The second-order valence-electron chi connectivity index (χ2n) is 6.94. The van der Waals surface area contributed by atoms with Gasteiger partial charge < -0.3 is 20.9 Å². The molecule has 126 valence electrons. The Morgan fingerprint density at radius 2 is 2.09 bits per heavy atom. The van der Waals surface area contributed by atoms with Crippen LogP contribution in [-0.2, 0) is 16.8 Å². The lowest BCUT2D eigenvalue weighted by Crippen LogP contribution is -2.30. The zero-order valence-electron chi connectivity index (χ0n) is 13.4. The third kappa shape index (κ3) is 3.91. The van der Waals surface area contributed by atoms with Gasteiger partial charge in [-0.25, -0.2) is 4.39 Å². The molecular formula is C16H23BFNO4. The van der Waals surface area contributed by atoms with Gasteiger partial charge in [0.2, 0.25) is 0 Å². The summed E-state index contributed by atoms with van der Waals surface area (Å²) in [5.74, 6) is -2.23. The van der Waals surface area contributed by atoms with E-state index in [4.69, 9.17) is 15.8 Å². The maximum Gasteiger partial charge on any atom is 0.451 e. The number of nitrogens with two attached hydrogens (primary N) is 1. The largest absolute Gasteiger partial charge is 0.481 e. The predicted molar refractivity (Wildman–Crippen MR) is 85.4 cm³/mol. The Bertz CT molecular complexity index is 600. The van der Waals surface area contributed by atoms with Gasteiger partial charge in [-0.2, -0.15) is 0 Å². The number of benzene rings is 1. The van der Waals surface area contributed by atoms with Gasteiger partial charge in [-0.1, -0.05) is 6.42 Å². The maximum atomic E-state index is 14.3. The Kier molecular flexibility index (Phi) is 5.13. The van der Waals surface area contributed by atoms with Crippen molar-refractivity contribution < 1.29 is 24.3 Å². The zero-order chi connectivity index (χ0) is 17.4. The first kappa shape index (κ1) is 17.9. The van der Waals surface area contributed by atoms with Gasteiger partial charge in [0, 0.05) is 11.1 Å². The van der Waals surface area contributed by atoms with Gasteiger partial charge >= 0.3 is 13.1 Å². The van der Waals surface area contributed by atoms with E-state index < -0.39 is 30.4 Å². The minimum absolute atomic E-state index is 0.170. The number of hydrogen-bond acceptors (Lipinski definition) is 4. The molecule has 2 rings (SSSR count). The number of rotatable bonds is 6. The predicted octanol–water partition coefficient (Wildman–Crippen LogP) is 1.61. The molecule has 0 aromatic heterocycles. The second-order valence-corrected chi connectivity index (χ2v) is 6.94. The SMILES string of the molecule is CC(C)(N)c1cc2c(cc1F)CC(CCCB(O)O)C2C(=O)O. The summed E-state index contributed by atoms with van der Waals surface area (Å²) in [6.45, 7) is 3.37. The summed E-state index contributed by atoms with van der Waals surface area (Å²) in [5, 5.41) is 27.4. The fraction of sp³-hybridized carbons (Fsp3) is 0.562. The van der Waals surface area contributed by atoms with E-state index in [1.807, 2.05) is 0 Å². The van der Waals surface area contributed by atoms with Gasteiger partial charge in [0.25, 0.3) is 0 Å². The lowest BCUT2D eigenvalue weighted by atomic mass is 9.80. The summed E-state index contributed by atoms with van der Waals surface area (Å²) in [7, 11) is -1.39. The van der Waals surface area contributed by atoms with E-state index in [9.17, 15) is 14.3 Å². The Labute approximate surface area is 135 Å². The van der Waals surface area contributed by atoms with E-state index in [2.05, 4.69) is 0 Å². The first-order valence-electron chi connectivity index (χ1n) is 7.82. The molecule has 1 aliphatic rings. The first-order valence-corrected chi connectivity index (χ1v) is 7.82. The van der Waals surface area contributed by atoms with Crippen LogP contribution in [0.3, 0.4) is 0 Å². The van der Waals surface area contributed by atoms with Gasteiger partial charge in [0.1, 0.15) is 5.82 Å². The number of fused-ring (bicyclic) bond motifs is 1. The molecule has 0 fully saturated rings. The highest BCUT2D eigenvalue weighted by Gasteiger charge is 2.39. The Hall–Kier alpha value is -1.44. The Morgan fingerprint density at radius 1 is 1.43 bits per heavy atom. The summed E-state index contributed by atoms with van der Waals surface area (Å²) in [6.07, 6.45) is 1.74. The van der Waals surface area contributed by atoms with Crippen molar-refractivity contribution in [3.63, 3.8) is 0 Å². The van der Waals surface area contributed by atoms with Crippen LogP contribution in [0.15, 0.2) is 12.1 Å². The molecule has 0 saturated heterocycles. The van der Waals surface area contributed by atoms with Crippen LogP contribution in [0.2, 0.25) is 6.32 Å². The summed E-state index contributed by atoms with van der Waals surface area (Å²) in [6, 6.07) is 2.99. The van der Waals surface area contributed by atoms with Crippen molar-refractivity contribution in [2.45, 2.75) is 50.9 Å². The van der Waals surface area contributed by atoms with Gasteiger partial charge in [0.05, 0.1) is 5.92 Å².